The number of carbonyl (C=O) groups is 2. The average Bonchev–Trinajstić information content (AvgIpc) is 2.37. The Labute approximate surface area is 115 Å². The van der Waals surface area contributed by atoms with Crippen molar-refractivity contribution < 1.29 is 14.7 Å². The van der Waals surface area contributed by atoms with Crippen molar-refractivity contribution in [1.82, 2.24) is 10.6 Å². The molecule has 0 aromatic carbocycles. The Hall–Kier alpha value is -1.26. The van der Waals surface area contributed by atoms with Crippen LogP contribution in [0.15, 0.2) is 0 Å². The van der Waals surface area contributed by atoms with Crippen LogP contribution in [0.5, 0.6) is 0 Å². The number of rotatable bonds is 5. The van der Waals surface area contributed by atoms with Crippen LogP contribution in [0.1, 0.15) is 52.9 Å². The first kappa shape index (κ1) is 15.8. The summed E-state index contributed by atoms with van der Waals surface area (Å²) < 4.78 is 0. The number of amides is 2. The van der Waals surface area contributed by atoms with Gasteiger partial charge in [0, 0.05) is 12.6 Å². The number of carbonyl (C=O) groups excluding carboxylic acids is 1. The molecule has 5 nitrogen and oxygen atoms in total. The summed E-state index contributed by atoms with van der Waals surface area (Å²) in [5.41, 5.74) is -0.933. The number of aliphatic carboxylic acids is 1. The number of nitrogens with one attached hydrogen (secondary N) is 2. The van der Waals surface area contributed by atoms with Crippen LogP contribution >= 0.6 is 0 Å². The van der Waals surface area contributed by atoms with E-state index in [1.165, 1.54) is 19.3 Å². The van der Waals surface area contributed by atoms with Gasteiger partial charge in [0.2, 0.25) is 0 Å². The first-order valence-corrected chi connectivity index (χ1v) is 7.13. The van der Waals surface area contributed by atoms with Crippen LogP contribution in [0.2, 0.25) is 0 Å². The molecule has 1 saturated carbocycles. The Morgan fingerprint density at radius 3 is 2.26 bits per heavy atom. The second-order valence-electron chi connectivity index (χ2n) is 6.14. The third-order valence-electron chi connectivity index (χ3n) is 4.03. The van der Waals surface area contributed by atoms with Gasteiger partial charge in [0.25, 0.3) is 0 Å². The maximum atomic E-state index is 11.7. The van der Waals surface area contributed by atoms with Crippen molar-refractivity contribution in [3.63, 3.8) is 0 Å². The highest BCUT2D eigenvalue weighted by Crippen LogP contribution is 2.26. The summed E-state index contributed by atoms with van der Waals surface area (Å²) in [7, 11) is 0. The standard InChI is InChI=1S/C14H26N2O3/c1-4-10-5-7-11(8-6-10)16-13(19)15-9-14(2,3)12(17)18/h10-11H,4-9H2,1-3H3,(H,17,18)(H2,15,16,19). The van der Waals surface area contributed by atoms with Gasteiger partial charge < -0.3 is 15.7 Å². The lowest BCUT2D eigenvalue weighted by atomic mass is 9.84. The zero-order valence-electron chi connectivity index (χ0n) is 12.2. The smallest absolute Gasteiger partial charge is 0.315 e. The minimum absolute atomic E-state index is 0.137. The van der Waals surface area contributed by atoms with Gasteiger partial charge >= 0.3 is 12.0 Å². The van der Waals surface area contributed by atoms with Crippen molar-refractivity contribution in [3.8, 4) is 0 Å². The molecular formula is C14H26N2O3. The fourth-order valence-corrected chi connectivity index (χ4v) is 2.33. The molecule has 19 heavy (non-hydrogen) atoms. The van der Waals surface area contributed by atoms with Gasteiger partial charge in [-0.25, -0.2) is 4.79 Å². The van der Waals surface area contributed by atoms with E-state index in [2.05, 4.69) is 17.6 Å². The fraction of sp³-hybridized carbons (Fsp3) is 0.857. The predicted octanol–water partition coefficient (Wildman–Crippen LogP) is 2.37. The van der Waals surface area contributed by atoms with Crippen LogP contribution in [0.4, 0.5) is 4.79 Å². The lowest BCUT2D eigenvalue weighted by Crippen LogP contribution is -2.47. The third-order valence-corrected chi connectivity index (χ3v) is 4.03. The van der Waals surface area contributed by atoms with Crippen LogP contribution in [-0.2, 0) is 4.79 Å². The van der Waals surface area contributed by atoms with Gasteiger partial charge in [-0.2, -0.15) is 0 Å². The van der Waals surface area contributed by atoms with Crippen LogP contribution in [0, 0.1) is 11.3 Å². The summed E-state index contributed by atoms with van der Waals surface area (Å²) in [5.74, 6) is -0.108. The summed E-state index contributed by atoms with van der Waals surface area (Å²) in [6.07, 6.45) is 5.60. The Bertz CT molecular complexity index is 321. The van der Waals surface area contributed by atoms with Crippen molar-refractivity contribution in [2.45, 2.75) is 58.9 Å². The molecule has 0 aliphatic heterocycles. The number of carboxylic acids is 1. The Balaban J connectivity index is 2.27. The zero-order valence-corrected chi connectivity index (χ0v) is 12.2. The normalized spacial score (nSPS) is 23.7. The average molecular weight is 270 g/mol. The van der Waals surface area contributed by atoms with E-state index in [0.29, 0.717) is 0 Å². The van der Waals surface area contributed by atoms with E-state index < -0.39 is 11.4 Å². The lowest BCUT2D eigenvalue weighted by molar-refractivity contribution is -0.146. The van der Waals surface area contributed by atoms with Crippen molar-refractivity contribution in [2.75, 3.05) is 6.54 Å². The fourth-order valence-electron chi connectivity index (χ4n) is 2.33. The number of carboxylic acid groups (broad SMARTS) is 1. The van der Waals surface area contributed by atoms with Crippen LogP contribution in [-0.4, -0.2) is 29.7 Å². The second kappa shape index (κ2) is 6.78. The summed E-state index contributed by atoms with van der Waals surface area (Å²) in [6, 6.07) is -0.0231. The molecule has 0 atom stereocenters. The van der Waals surface area contributed by atoms with Crippen molar-refractivity contribution in [3.05, 3.63) is 0 Å². The highest BCUT2D eigenvalue weighted by atomic mass is 16.4. The van der Waals surface area contributed by atoms with Crippen molar-refractivity contribution >= 4 is 12.0 Å². The molecule has 1 aliphatic rings. The van der Waals surface area contributed by atoms with E-state index in [0.717, 1.165) is 18.8 Å². The Morgan fingerprint density at radius 1 is 1.21 bits per heavy atom. The van der Waals surface area contributed by atoms with E-state index >= 15 is 0 Å². The monoisotopic (exact) mass is 270 g/mol. The van der Waals surface area contributed by atoms with E-state index in [1.807, 2.05) is 0 Å². The molecule has 0 spiro atoms. The van der Waals surface area contributed by atoms with E-state index in [-0.39, 0.29) is 18.6 Å². The van der Waals surface area contributed by atoms with Crippen LogP contribution < -0.4 is 10.6 Å². The summed E-state index contributed by atoms with van der Waals surface area (Å²) in [6.45, 7) is 5.54. The van der Waals surface area contributed by atoms with Crippen LogP contribution in [0.25, 0.3) is 0 Å². The first-order chi connectivity index (χ1) is 8.85. The third kappa shape index (κ3) is 5.09. The van der Waals surface area contributed by atoms with Gasteiger partial charge in [-0.1, -0.05) is 13.3 Å². The largest absolute Gasteiger partial charge is 0.481 e. The van der Waals surface area contributed by atoms with Gasteiger partial charge in [-0.15, -0.1) is 0 Å². The molecule has 5 heteroatoms. The van der Waals surface area contributed by atoms with E-state index in [9.17, 15) is 9.59 Å². The second-order valence-corrected chi connectivity index (χ2v) is 6.14. The van der Waals surface area contributed by atoms with Crippen LogP contribution in [0.3, 0.4) is 0 Å². The summed E-state index contributed by atoms with van der Waals surface area (Å²) in [4.78, 5) is 22.6. The Morgan fingerprint density at radius 2 is 1.79 bits per heavy atom. The zero-order chi connectivity index (χ0) is 14.5. The highest BCUT2D eigenvalue weighted by molar-refractivity contribution is 5.77. The maximum Gasteiger partial charge on any atom is 0.315 e. The molecule has 0 radical (unpaired) electrons. The molecule has 1 aliphatic carbocycles. The summed E-state index contributed by atoms with van der Waals surface area (Å²) in [5, 5.41) is 14.5. The van der Waals surface area contributed by atoms with Gasteiger partial charge in [0.1, 0.15) is 0 Å². The van der Waals surface area contributed by atoms with Crippen molar-refractivity contribution in [1.29, 1.82) is 0 Å². The molecule has 3 N–H and O–H groups in total. The topological polar surface area (TPSA) is 78.4 Å². The minimum Gasteiger partial charge on any atom is -0.481 e. The first-order valence-electron chi connectivity index (χ1n) is 7.13. The predicted molar refractivity (Wildman–Crippen MR) is 74.0 cm³/mol. The molecule has 2 amide bonds. The van der Waals surface area contributed by atoms with Gasteiger partial charge in [-0.05, 0) is 45.4 Å². The SMILES string of the molecule is CCC1CCC(NC(=O)NCC(C)(C)C(=O)O)CC1. The molecule has 0 aromatic rings. The lowest BCUT2D eigenvalue weighted by Gasteiger charge is -2.29. The quantitative estimate of drug-likeness (QED) is 0.717. The van der Waals surface area contributed by atoms with Crippen molar-refractivity contribution in [2.24, 2.45) is 11.3 Å². The molecule has 0 heterocycles. The molecule has 0 aromatic heterocycles. The summed E-state index contributed by atoms with van der Waals surface area (Å²) >= 11 is 0. The number of hydrogen-bond donors (Lipinski definition) is 3. The molecule has 1 fully saturated rings. The maximum absolute atomic E-state index is 11.7. The van der Waals surface area contributed by atoms with E-state index in [4.69, 9.17) is 5.11 Å². The van der Waals surface area contributed by atoms with Gasteiger partial charge in [0.15, 0.2) is 0 Å². The molecule has 0 bridgehead atoms. The Kier molecular flexibility index (Phi) is 5.63. The molecule has 110 valence electrons. The minimum atomic E-state index is -0.933. The molecular weight excluding hydrogens is 244 g/mol. The van der Waals surface area contributed by atoms with E-state index in [1.54, 1.807) is 13.8 Å². The molecule has 0 saturated heterocycles. The highest BCUT2D eigenvalue weighted by Gasteiger charge is 2.28. The van der Waals surface area contributed by atoms with Gasteiger partial charge in [-0.3, -0.25) is 4.79 Å². The number of hydrogen-bond acceptors (Lipinski definition) is 2. The number of urea groups is 1. The molecule has 1 rings (SSSR count). The molecule has 0 unspecified atom stereocenters. The van der Waals surface area contributed by atoms with Gasteiger partial charge in [0.05, 0.1) is 5.41 Å².